The van der Waals surface area contributed by atoms with E-state index in [4.69, 9.17) is 0 Å². The summed E-state index contributed by atoms with van der Waals surface area (Å²) in [6, 6.07) is 7.97. The van der Waals surface area contributed by atoms with E-state index >= 15 is 0 Å². The molecule has 0 saturated carbocycles. The van der Waals surface area contributed by atoms with Crippen LogP contribution in [0.15, 0.2) is 39.9 Å². The minimum absolute atomic E-state index is 0.180. The number of aromatic hydroxyl groups is 1. The van der Waals surface area contributed by atoms with Gasteiger partial charge in [0.15, 0.2) is 0 Å². The number of benzene rings is 1. The molecule has 0 bridgehead atoms. The summed E-state index contributed by atoms with van der Waals surface area (Å²) in [7, 11) is 0. The zero-order valence-electron chi connectivity index (χ0n) is 7.86. The van der Waals surface area contributed by atoms with Crippen molar-refractivity contribution in [3.8, 4) is 5.75 Å². The standard InChI is InChI=1S/C11H9NO3/c13-8-3-1-2-7(4-8)6-12-9-5-10(14)11(9)15/h1-5,12-13H,6H2. The molecule has 0 aliphatic rings. The molecule has 0 aromatic heterocycles. The molecule has 0 radical (unpaired) electrons. The molecular formula is C11H9NO3. The van der Waals surface area contributed by atoms with E-state index in [1.807, 2.05) is 6.07 Å². The van der Waals surface area contributed by atoms with E-state index in [0.29, 0.717) is 12.2 Å². The molecule has 0 unspecified atom stereocenters. The van der Waals surface area contributed by atoms with Gasteiger partial charge in [0.2, 0.25) is 10.9 Å². The first kappa shape index (κ1) is 9.45. The van der Waals surface area contributed by atoms with Gasteiger partial charge in [-0.05, 0) is 17.7 Å². The van der Waals surface area contributed by atoms with E-state index in [-0.39, 0.29) is 5.75 Å². The van der Waals surface area contributed by atoms with Gasteiger partial charge in [0.25, 0.3) is 0 Å². The van der Waals surface area contributed by atoms with Crippen LogP contribution in [0.5, 0.6) is 5.75 Å². The van der Waals surface area contributed by atoms with Crippen molar-refractivity contribution in [2.24, 2.45) is 0 Å². The summed E-state index contributed by atoms with van der Waals surface area (Å²) in [6.07, 6.45) is 0. The Morgan fingerprint density at radius 1 is 1.20 bits per heavy atom. The lowest BCUT2D eigenvalue weighted by molar-refractivity contribution is 0.474. The fraction of sp³-hybridized carbons (Fsp3) is 0.0909. The molecule has 2 aromatic carbocycles. The Hall–Kier alpha value is -2.10. The number of anilines is 1. The van der Waals surface area contributed by atoms with Crippen LogP contribution in [0, 0.1) is 0 Å². The highest BCUT2D eigenvalue weighted by molar-refractivity contribution is 5.47. The average molecular weight is 203 g/mol. The molecule has 0 saturated heterocycles. The predicted molar refractivity (Wildman–Crippen MR) is 56.8 cm³/mol. The second kappa shape index (κ2) is 3.57. The van der Waals surface area contributed by atoms with Crippen LogP contribution in [-0.2, 0) is 6.54 Å². The first-order chi connectivity index (χ1) is 7.16. The number of rotatable bonds is 3. The van der Waals surface area contributed by atoms with E-state index in [9.17, 15) is 14.7 Å². The number of phenolic OH excluding ortho intramolecular Hbond substituents is 1. The van der Waals surface area contributed by atoms with Gasteiger partial charge in [0, 0.05) is 12.6 Å². The first-order valence-corrected chi connectivity index (χ1v) is 4.49. The molecule has 15 heavy (non-hydrogen) atoms. The van der Waals surface area contributed by atoms with Gasteiger partial charge in [-0.2, -0.15) is 0 Å². The number of hydrogen-bond acceptors (Lipinski definition) is 4. The minimum atomic E-state index is -0.477. The zero-order valence-corrected chi connectivity index (χ0v) is 7.86. The van der Waals surface area contributed by atoms with E-state index in [0.717, 1.165) is 5.56 Å². The normalized spacial score (nSPS) is 10.4. The Balaban J connectivity index is 2.03. The Kier molecular flexibility index (Phi) is 2.25. The van der Waals surface area contributed by atoms with Gasteiger partial charge in [-0.15, -0.1) is 0 Å². The summed E-state index contributed by atoms with van der Waals surface area (Å²) in [5.41, 5.74) is 0.245. The van der Waals surface area contributed by atoms with Crippen LogP contribution in [0.1, 0.15) is 5.56 Å². The van der Waals surface area contributed by atoms with Crippen molar-refractivity contribution in [3.05, 3.63) is 56.3 Å². The molecule has 2 N–H and O–H groups in total. The van der Waals surface area contributed by atoms with Gasteiger partial charge in [-0.1, -0.05) is 12.1 Å². The number of hydrogen-bond donors (Lipinski definition) is 2. The molecule has 2 rings (SSSR count). The van der Waals surface area contributed by atoms with Gasteiger partial charge in [0.05, 0.1) is 5.69 Å². The summed E-state index contributed by atoms with van der Waals surface area (Å²) in [5, 5.41) is 12.0. The lowest BCUT2D eigenvalue weighted by Crippen LogP contribution is -2.32. The quantitative estimate of drug-likeness (QED) is 0.717. The molecule has 0 heterocycles. The molecule has 4 nitrogen and oxygen atoms in total. The molecule has 4 heteroatoms. The third-order valence-electron chi connectivity index (χ3n) is 2.14. The topological polar surface area (TPSA) is 66.4 Å². The molecular weight excluding hydrogens is 194 g/mol. The van der Waals surface area contributed by atoms with Crippen molar-refractivity contribution < 1.29 is 5.11 Å². The van der Waals surface area contributed by atoms with Gasteiger partial charge >= 0.3 is 0 Å². The van der Waals surface area contributed by atoms with Crippen LogP contribution in [0.25, 0.3) is 0 Å². The highest BCUT2D eigenvalue weighted by atomic mass is 16.3. The second-order valence-electron chi connectivity index (χ2n) is 3.27. The van der Waals surface area contributed by atoms with Gasteiger partial charge in [-0.25, -0.2) is 0 Å². The van der Waals surface area contributed by atoms with E-state index in [1.54, 1.807) is 18.2 Å². The maximum atomic E-state index is 10.9. The molecule has 76 valence electrons. The van der Waals surface area contributed by atoms with Crippen LogP contribution in [-0.4, -0.2) is 5.11 Å². The fourth-order valence-corrected chi connectivity index (χ4v) is 1.31. The number of phenols is 1. The molecule has 0 fully saturated rings. The summed E-state index contributed by atoms with van der Waals surface area (Å²) < 4.78 is 0. The predicted octanol–water partition coefficient (Wildman–Crippen LogP) is 0.600. The monoisotopic (exact) mass is 203 g/mol. The van der Waals surface area contributed by atoms with Crippen LogP contribution < -0.4 is 16.2 Å². The fourth-order valence-electron chi connectivity index (χ4n) is 1.31. The lowest BCUT2D eigenvalue weighted by atomic mass is 10.2. The van der Waals surface area contributed by atoms with Crippen molar-refractivity contribution in [2.75, 3.05) is 5.32 Å². The summed E-state index contributed by atoms with van der Waals surface area (Å²) >= 11 is 0. The maximum absolute atomic E-state index is 10.9. The largest absolute Gasteiger partial charge is 0.508 e. The van der Waals surface area contributed by atoms with Crippen molar-refractivity contribution in [3.63, 3.8) is 0 Å². The Bertz CT molecular complexity index is 553. The SMILES string of the molecule is O=c1cc(NCc2cccc(O)c2)c1=O. The van der Waals surface area contributed by atoms with Crippen LogP contribution >= 0.6 is 0 Å². The van der Waals surface area contributed by atoms with Crippen LogP contribution in [0.3, 0.4) is 0 Å². The van der Waals surface area contributed by atoms with Crippen LogP contribution in [0.4, 0.5) is 5.69 Å². The molecule has 0 atom stereocenters. The Morgan fingerprint density at radius 3 is 2.60 bits per heavy atom. The molecule has 0 amide bonds. The smallest absolute Gasteiger partial charge is 0.248 e. The molecule has 2 aromatic rings. The van der Waals surface area contributed by atoms with Crippen LogP contribution in [0.2, 0.25) is 0 Å². The molecule has 0 aliphatic heterocycles. The average Bonchev–Trinajstić information content (AvgIpc) is 2.23. The van der Waals surface area contributed by atoms with Gasteiger partial charge in [0.1, 0.15) is 5.75 Å². The molecule has 0 aliphatic carbocycles. The van der Waals surface area contributed by atoms with Crippen molar-refractivity contribution in [1.82, 2.24) is 0 Å². The van der Waals surface area contributed by atoms with Gasteiger partial charge in [-0.3, -0.25) is 9.59 Å². The summed E-state index contributed by atoms with van der Waals surface area (Å²) in [5.74, 6) is 0.180. The first-order valence-electron chi connectivity index (χ1n) is 4.49. The Morgan fingerprint density at radius 2 is 2.00 bits per heavy atom. The lowest BCUT2D eigenvalue weighted by Gasteiger charge is -2.06. The third kappa shape index (κ3) is 1.88. The van der Waals surface area contributed by atoms with Gasteiger partial charge < -0.3 is 10.4 Å². The van der Waals surface area contributed by atoms with E-state index in [2.05, 4.69) is 5.32 Å². The van der Waals surface area contributed by atoms with Crippen molar-refractivity contribution >= 4 is 5.69 Å². The Labute approximate surface area is 85.5 Å². The summed E-state index contributed by atoms with van der Waals surface area (Å²) in [6.45, 7) is 0.416. The third-order valence-corrected chi connectivity index (χ3v) is 2.14. The second-order valence-corrected chi connectivity index (χ2v) is 3.27. The molecule has 0 spiro atoms. The summed E-state index contributed by atoms with van der Waals surface area (Å²) in [4.78, 5) is 21.5. The minimum Gasteiger partial charge on any atom is -0.508 e. The van der Waals surface area contributed by atoms with E-state index in [1.165, 1.54) is 6.07 Å². The highest BCUT2D eigenvalue weighted by Crippen LogP contribution is 2.11. The zero-order chi connectivity index (χ0) is 10.8. The van der Waals surface area contributed by atoms with E-state index < -0.39 is 10.9 Å². The number of nitrogens with one attached hydrogen (secondary N) is 1. The maximum Gasteiger partial charge on any atom is 0.248 e. The van der Waals surface area contributed by atoms with Crippen molar-refractivity contribution in [2.45, 2.75) is 6.54 Å². The highest BCUT2D eigenvalue weighted by Gasteiger charge is 2.07. The van der Waals surface area contributed by atoms with Crippen molar-refractivity contribution in [1.29, 1.82) is 0 Å².